The maximum absolute atomic E-state index is 12.3. The van der Waals surface area contributed by atoms with E-state index in [0.717, 1.165) is 12.8 Å². The molecule has 1 aliphatic rings. The van der Waals surface area contributed by atoms with Crippen LogP contribution in [0.25, 0.3) is 0 Å². The summed E-state index contributed by atoms with van der Waals surface area (Å²) in [5.41, 5.74) is 5.48. The largest absolute Gasteiger partial charge is 0.409 e. The van der Waals surface area contributed by atoms with Gasteiger partial charge in [-0.1, -0.05) is 38.3 Å². The molecular formula is C14H28N4O2. The van der Waals surface area contributed by atoms with Crippen LogP contribution < -0.4 is 11.1 Å². The second kappa shape index (κ2) is 8.66. The Bertz CT molecular complexity index is 325. The van der Waals surface area contributed by atoms with Crippen LogP contribution in [-0.2, 0) is 0 Å². The average molecular weight is 284 g/mol. The van der Waals surface area contributed by atoms with Gasteiger partial charge in [-0.2, -0.15) is 0 Å². The number of carbonyl (C=O) groups excluding carboxylic acids is 1. The molecule has 0 spiro atoms. The number of carbonyl (C=O) groups is 1. The average Bonchev–Trinajstić information content (AvgIpc) is 2.43. The lowest BCUT2D eigenvalue weighted by atomic mass is 9.96. The van der Waals surface area contributed by atoms with E-state index in [2.05, 4.69) is 24.3 Å². The molecule has 1 saturated carbocycles. The zero-order chi connectivity index (χ0) is 15.0. The lowest BCUT2D eigenvalue weighted by molar-refractivity contribution is 0.184. The molecule has 1 rings (SSSR count). The molecule has 20 heavy (non-hydrogen) atoms. The van der Waals surface area contributed by atoms with Crippen molar-refractivity contribution in [3.8, 4) is 0 Å². The van der Waals surface area contributed by atoms with E-state index in [1.165, 1.54) is 19.3 Å². The van der Waals surface area contributed by atoms with E-state index in [4.69, 9.17) is 10.9 Å². The molecule has 0 aromatic rings. The summed E-state index contributed by atoms with van der Waals surface area (Å²) in [6, 6.07) is 0.270. The number of nitrogens with two attached hydrogens (primary N) is 1. The molecule has 0 saturated heterocycles. The monoisotopic (exact) mass is 284 g/mol. The first-order chi connectivity index (χ1) is 9.52. The highest BCUT2D eigenvalue weighted by Crippen LogP contribution is 2.17. The van der Waals surface area contributed by atoms with Crippen molar-refractivity contribution in [2.45, 2.75) is 58.4 Å². The fraction of sp³-hybridized carbons (Fsp3) is 0.857. The van der Waals surface area contributed by atoms with Gasteiger partial charge in [-0.05, 0) is 18.8 Å². The smallest absolute Gasteiger partial charge is 0.317 e. The van der Waals surface area contributed by atoms with Crippen LogP contribution in [-0.4, -0.2) is 41.1 Å². The predicted octanol–water partition coefficient (Wildman–Crippen LogP) is 2.12. The molecule has 0 aliphatic heterocycles. The predicted molar refractivity (Wildman–Crippen MR) is 79.8 cm³/mol. The molecule has 1 fully saturated rings. The van der Waals surface area contributed by atoms with Gasteiger partial charge in [0.15, 0.2) is 0 Å². The van der Waals surface area contributed by atoms with Gasteiger partial charge in [-0.25, -0.2) is 4.79 Å². The molecule has 0 radical (unpaired) electrons. The maximum atomic E-state index is 12.3. The van der Waals surface area contributed by atoms with Gasteiger partial charge in [0, 0.05) is 25.6 Å². The summed E-state index contributed by atoms with van der Waals surface area (Å²) in [7, 11) is 0. The van der Waals surface area contributed by atoms with Crippen molar-refractivity contribution in [1.82, 2.24) is 10.2 Å². The molecule has 0 aromatic heterocycles. The van der Waals surface area contributed by atoms with E-state index in [9.17, 15) is 4.79 Å². The minimum Gasteiger partial charge on any atom is -0.409 e. The van der Waals surface area contributed by atoms with Gasteiger partial charge in [-0.3, -0.25) is 0 Å². The van der Waals surface area contributed by atoms with Gasteiger partial charge in [0.05, 0.1) is 0 Å². The van der Waals surface area contributed by atoms with Crippen LogP contribution in [0.3, 0.4) is 0 Å². The van der Waals surface area contributed by atoms with Gasteiger partial charge in [0.1, 0.15) is 5.84 Å². The number of amides is 2. The van der Waals surface area contributed by atoms with Crippen LogP contribution in [0.15, 0.2) is 5.16 Å². The zero-order valence-corrected chi connectivity index (χ0v) is 12.6. The molecule has 0 aromatic carbocycles. The minimum absolute atomic E-state index is 0.0312. The van der Waals surface area contributed by atoms with E-state index < -0.39 is 0 Å². The third kappa shape index (κ3) is 6.12. The fourth-order valence-electron chi connectivity index (χ4n) is 2.53. The summed E-state index contributed by atoms with van der Waals surface area (Å²) in [6.07, 6.45) is 6.19. The van der Waals surface area contributed by atoms with Crippen LogP contribution in [0, 0.1) is 5.92 Å². The molecule has 0 atom stereocenters. The summed E-state index contributed by atoms with van der Waals surface area (Å²) in [5.74, 6) is 0.545. The molecule has 0 heterocycles. The SMILES string of the molecule is CC(C)CN(CCC(N)=NO)C(=O)NC1CCCCC1. The highest BCUT2D eigenvalue weighted by atomic mass is 16.4. The Morgan fingerprint density at radius 2 is 2.05 bits per heavy atom. The normalized spacial score (nSPS) is 17.2. The Morgan fingerprint density at radius 3 is 2.60 bits per heavy atom. The van der Waals surface area contributed by atoms with Crippen molar-refractivity contribution in [3.63, 3.8) is 0 Å². The summed E-state index contributed by atoms with van der Waals surface area (Å²) in [4.78, 5) is 14.1. The van der Waals surface area contributed by atoms with E-state index in [1.54, 1.807) is 4.90 Å². The molecule has 0 unspecified atom stereocenters. The molecule has 116 valence electrons. The quantitative estimate of drug-likeness (QED) is 0.302. The molecule has 1 aliphatic carbocycles. The molecule has 4 N–H and O–H groups in total. The lowest BCUT2D eigenvalue weighted by Gasteiger charge is -2.29. The lowest BCUT2D eigenvalue weighted by Crippen LogP contribution is -2.47. The Morgan fingerprint density at radius 1 is 1.40 bits per heavy atom. The Balaban J connectivity index is 2.49. The third-order valence-corrected chi connectivity index (χ3v) is 3.57. The maximum Gasteiger partial charge on any atom is 0.317 e. The van der Waals surface area contributed by atoms with Crippen LogP contribution in [0.4, 0.5) is 4.79 Å². The van der Waals surface area contributed by atoms with E-state index in [-0.39, 0.29) is 11.9 Å². The zero-order valence-electron chi connectivity index (χ0n) is 12.6. The van der Waals surface area contributed by atoms with Crippen molar-refractivity contribution in [2.24, 2.45) is 16.8 Å². The van der Waals surface area contributed by atoms with Gasteiger partial charge in [0.2, 0.25) is 0 Å². The number of amidine groups is 1. The number of hydrogen-bond donors (Lipinski definition) is 3. The minimum atomic E-state index is -0.0312. The molecular weight excluding hydrogens is 256 g/mol. The molecule has 0 bridgehead atoms. The Hall–Kier alpha value is -1.46. The summed E-state index contributed by atoms with van der Waals surface area (Å²) >= 11 is 0. The molecule has 2 amide bonds. The highest BCUT2D eigenvalue weighted by molar-refractivity contribution is 5.81. The number of hydrogen-bond acceptors (Lipinski definition) is 3. The van der Waals surface area contributed by atoms with Crippen LogP contribution in [0.5, 0.6) is 0 Å². The van der Waals surface area contributed by atoms with E-state index in [0.29, 0.717) is 31.5 Å². The van der Waals surface area contributed by atoms with Crippen molar-refractivity contribution in [2.75, 3.05) is 13.1 Å². The fourth-order valence-corrected chi connectivity index (χ4v) is 2.53. The number of urea groups is 1. The van der Waals surface area contributed by atoms with Crippen LogP contribution in [0.1, 0.15) is 52.4 Å². The summed E-state index contributed by atoms with van der Waals surface area (Å²) in [5, 5.41) is 14.6. The second-order valence-electron chi connectivity index (χ2n) is 5.97. The van der Waals surface area contributed by atoms with Gasteiger partial charge >= 0.3 is 6.03 Å². The van der Waals surface area contributed by atoms with Gasteiger partial charge in [0.25, 0.3) is 0 Å². The number of nitrogens with zero attached hydrogens (tertiary/aromatic N) is 2. The van der Waals surface area contributed by atoms with Crippen molar-refractivity contribution in [1.29, 1.82) is 0 Å². The van der Waals surface area contributed by atoms with Crippen LogP contribution in [0.2, 0.25) is 0 Å². The first kappa shape index (κ1) is 16.6. The first-order valence-electron chi connectivity index (χ1n) is 7.54. The summed E-state index contributed by atoms with van der Waals surface area (Å²) < 4.78 is 0. The number of oxime groups is 1. The number of rotatable bonds is 6. The molecule has 6 nitrogen and oxygen atoms in total. The third-order valence-electron chi connectivity index (χ3n) is 3.57. The topological polar surface area (TPSA) is 90.9 Å². The van der Waals surface area contributed by atoms with Crippen molar-refractivity contribution < 1.29 is 10.0 Å². The van der Waals surface area contributed by atoms with E-state index >= 15 is 0 Å². The van der Waals surface area contributed by atoms with Crippen molar-refractivity contribution in [3.05, 3.63) is 0 Å². The Kier molecular flexibility index (Phi) is 7.18. The van der Waals surface area contributed by atoms with Crippen molar-refractivity contribution >= 4 is 11.9 Å². The van der Waals surface area contributed by atoms with Gasteiger partial charge < -0.3 is 21.2 Å². The number of nitrogens with one attached hydrogen (secondary N) is 1. The van der Waals surface area contributed by atoms with Gasteiger partial charge in [-0.15, -0.1) is 0 Å². The standard InChI is InChI=1S/C14H28N4O2/c1-11(2)10-18(9-8-13(15)17-20)14(19)16-12-6-4-3-5-7-12/h11-12,20H,3-10H2,1-2H3,(H2,15,17)(H,16,19). The Labute approximate surface area is 121 Å². The summed E-state index contributed by atoms with van der Waals surface area (Å²) in [6.45, 7) is 5.30. The second-order valence-corrected chi connectivity index (χ2v) is 5.97. The van der Waals surface area contributed by atoms with E-state index in [1.807, 2.05) is 0 Å². The first-order valence-corrected chi connectivity index (χ1v) is 7.54. The molecule has 6 heteroatoms. The highest BCUT2D eigenvalue weighted by Gasteiger charge is 2.20. The van der Waals surface area contributed by atoms with Crippen LogP contribution >= 0.6 is 0 Å².